The second kappa shape index (κ2) is 8.63. The maximum atomic E-state index is 12.7. The van der Waals surface area contributed by atoms with Crippen molar-refractivity contribution in [2.24, 2.45) is 5.92 Å². The SMILES string of the molecule is CC1CCN(c2ccc(NC(=O)c3cncc(N4CCCCC4)c3)cc2)CC1. The number of benzene rings is 1. The minimum absolute atomic E-state index is 0.106. The zero-order valence-electron chi connectivity index (χ0n) is 16.7. The third-order valence-electron chi connectivity index (χ3n) is 5.98. The highest BCUT2D eigenvalue weighted by Crippen LogP contribution is 2.25. The summed E-state index contributed by atoms with van der Waals surface area (Å²) in [6.45, 7) is 6.64. The molecule has 1 aromatic carbocycles. The molecule has 1 amide bonds. The van der Waals surface area contributed by atoms with Gasteiger partial charge in [0.05, 0.1) is 17.4 Å². The summed E-state index contributed by atoms with van der Waals surface area (Å²) >= 11 is 0. The molecule has 0 atom stereocenters. The first-order valence-corrected chi connectivity index (χ1v) is 10.6. The van der Waals surface area contributed by atoms with Crippen molar-refractivity contribution in [1.82, 2.24) is 4.98 Å². The van der Waals surface area contributed by atoms with E-state index in [1.807, 2.05) is 24.4 Å². The molecule has 2 aliphatic heterocycles. The van der Waals surface area contributed by atoms with Crippen molar-refractivity contribution in [2.75, 3.05) is 41.3 Å². The fourth-order valence-electron chi connectivity index (χ4n) is 4.10. The van der Waals surface area contributed by atoms with Gasteiger partial charge >= 0.3 is 0 Å². The van der Waals surface area contributed by atoms with Gasteiger partial charge < -0.3 is 15.1 Å². The highest BCUT2D eigenvalue weighted by atomic mass is 16.1. The normalized spacial score (nSPS) is 18.2. The average molecular weight is 379 g/mol. The summed E-state index contributed by atoms with van der Waals surface area (Å²) in [7, 11) is 0. The number of anilines is 3. The monoisotopic (exact) mass is 378 g/mol. The molecule has 2 aromatic rings. The lowest BCUT2D eigenvalue weighted by Crippen LogP contribution is -2.32. The van der Waals surface area contributed by atoms with Crippen molar-refractivity contribution in [1.29, 1.82) is 0 Å². The summed E-state index contributed by atoms with van der Waals surface area (Å²) in [5, 5.41) is 3.01. The van der Waals surface area contributed by atoms with Crippen molar-refractivity contribution < 1.29 is 4.79 Å². The number of amides is 1. The molecular weight excluding hydrogens is 348 g/mol. The molecule has 5 nitrogen and oxygen atoms in total. The van der Waals surface area contributed by atoms with Crippen LogP contribution in [0.15, 0.2) is 42.7 Å². The van der Waals surface area contributed by atoms with E-state index in [2.05, 4.69) is 39.2 Å². The van der Waals surface area contributed by atoms with Crippen molar-refractivity contribution in [3.63, 3.8) is 0 Å². The van der Waals surface area contributed by atoms with Crippen LogP contribution in [0.1, 0.15) is 49.4 Å². The highest BCUT2D eigenvalue weighted by Gasteiger charge is 2.17. The van der Waals surface area contributed by atoms with Crippen LogP contribution in [0.3, 0.4) is 0 Å². The smallest absolute Gasteiger partial charge is 0.257 e. The van der Waals surface area contributed by atoms with E-state index in [0.29, 0.717) is 5.56 Å². The second-order valence-corrected chi connectivity index (χ2v) is 8.15. The largest absolute Gasteiger partial charge is 0.372 e. The number of hydrogen-bond donors (Lipinski definition) is 1. The summed E-state index contributed by atoms with van der Waals surface area (Å²) in [4.78, 5) is 21.7. The lowest BCUT2D eigenvalue weighted by molar-refractivity contribution is 0.102. The lowest BCUT2D eigenvalue weighted by Gasteiger charge is -2.32. The van der Waals surface area contributed by atoms with Gasteiger partial charge in [0.25, 0.3) is 5.91 Å². The van der Waals surface area contributed by atoms with E-state index in [1.54, 1.807) is 6.20 Å². The van der Waals surface area contributed by atoms with E-state index < -0.39 is 0 Å². The summed E-state index contributed by atoms with van der Waals surface area (Å²) in [5.41, 5.74) is 3.71. The van der Waals surface area contributed by atoms with Gasteiger partial charge in [-0.1, -0.05) is 6.92 Å². The molecule has 3 heterocycles. The van der Waals surface area contributed by atoms with Gasteiger partial charge in [-0.15, -0.1) is 0 Å². The predicted molar refractivity (Wildman–Crippen MR) is 115 cm³/mol. The van der Waals surface area contributed by atoms with Gasteiger partial charge in [-0.3, -0.25) is 9.78 Å². The van der Waals surface area contributed by atoms with E-state index in [1.165, 1.54) is 37.8 Å². The van der Waals surface area contributed by atoms with Gasteiger partial charge in [-0.05, 0) is 68.4 Å². The molecule has 5 heteroatoms. The summed E-state index contributed by atoms with van der Waals surface area (Å²) in [5.74, 6) is 0.718. The van der Waals surface area contributed by atoms with Crippen molar-refractivity contribution in [2.45, 2.75) is 39.0 Å². The number of pyridine rings is 1. The molecule has 0 bridgehead atoms. The number of hydrogen-bond acceptors (Lipinski definition) is 4. The zero-order valence-corrected chi connectivity index (χ0v) is 16.7. The lowest BCUT2D eigenvalue weighted by atomic mass is 9.99. The third-order valence-corrected chi connectivity index (χ3v) is 5.98. The van der Waals surface area contributed by atoms with Crippen LogP contribution >= 0.6 is 0 Å². The third kappa shape index (κ3) is 4.46. The van der Waals surface area contributed by atoms with E-state index in [9.17, 15) is 4.79 Å². The molecule has 1 aromatic heterocycles. The molecule has 0 spiro atoms. The van der Waals surface area contributed by atoms with Crippen molar-refractivity contribution in [3.8, 4) is 0 Å². The first-order chi connectivity index (χ1) is 13.7. The summed E-state index contributed by atoms with van der Waals surface area (Å²) in [6.07, 6.45) is 9.70. The van der Waals surface area contributed by atoms with Crippen LogP contribution in [0.4, 0.5) is 17.1 Å². The van der Waals surface area contributed by atoms with Gasteiger partial charge in [0.1, 0.15) is 0 Å². The molecule has 4 rings (SSSR count). The van der Waals surface area contributed by atoms with Gasteiger partial charge in [0.15, 0.2) is 0 Å². The van der Waals surface area contributed by atoms with E-state index in [4.69, 9.17) is 0 Å². The first-order valence-electron chi connectivity index (χ1n) is 10.6. The maximum Gasteiger partial charge on any atom is 0.257 e. The van der Waals surface area contributed by atoms with Crippen molar-refractivity contribution >= 4 is 23.0 Å². The number of carbonyl (C=O) groups is 1. The first kappa shape index (κ1) is 18.8. The Kier molecular flexibility index (Phi) is 5.79. The molecule has 2 fully saturated rings. The van der Waals surface area contributed by atoms with Crippen LogP contribution in [0.2, 0.25) is 0 Å². The molecule has 28 heavy (non-hydrogen) atoms. The topological polar surface area (TPSA) is 48.5 Å². The number of nitrogens with zero attached hydrogens (tertiary/aromatic N) is 3. The average Bonchev–Trinajstić information content (AvgIpc) is 2.76. The van der Waals surface area contributed by atoms with Gasteiger partial charge in [0, 0.05) is 43.8 Å². The van der Waals surface area contributed by atoms with Crippen LogP contribution < -0.4 is 15.1 Å². The molecule has 148 valence electrons. The zero-order chi connectivity index (χ0) is 19.3. The Labute approximate surface area is 167 Å². The molecule has 2 aliphatic rings. The van der Waals surface area contributed by atoms with Crippen LogP contribution in [0.25, 0.3) is 0 Å². The summed E-state index contributed by atoms with van der Waals surface area (Å²) in [6, 6.07) is 10.2. The Morgan fingerprint density at radius 3 is 2.32 bits per heavy atom. The maximum absolute atomic E-state index is 12.7. The fourth-order valence-corrected chi connectivity index (χ4v) is 4.10. The van der Waals surface area contributed by atoms with Gasteiger partial charge in [-0.25, -0.2) is 0 Å². The Hall–Kier alpha value is -2.56. The fraction of sp³-hybridized carbons (Fsp3) is 0.478. The minimum atomic E-state index is -0.106. The highest BCUT2D eigenvalue weighted by molar-refractivity contribution is 6.04. The Morgan fingerprint density at radius 1 is 0.929 bits per heavy atom. The van der Waals surface area contributed by atoms with E-state index in [0.717, 1.165) is 43.5 Å². The molecule has 2 saturated heterocycles. The summed E-state index contributed by atoms with van der Waals surface area (Å²) < 4.78 is 0. The van der Waals surface area contributed by atoms with Crippen LogP contribution in [-0.2, 0) is 0 Å². The van der Waals surface area contributed by atoms with E-state index in [-0.39, 0.29) is 5.91 Å². The Morgan fingerprint density at radius 2 is 1.61 bits per heavy atom. The molecule has 0 aliphatic carbocycles. The van der Waals surface area contributed by atoms with Gasteiger partial charge in [0.2, 0.25) is 0 Å². The van der Waals surface area contributed by atoms with Crippen LogP contribution in [0.5, 0.6) is 0 Å². The number of nitrogens with one attached hydrogen (secondary N) is 1. The molecule has 0 unspecified atom stereocenters. The van der Waals surface area contributed by atoms with Gasteiger partial charge in [-0.2, -0.15) is 0 Å². The Bertz CT molecular complexity index is 791. The minimum Gasteiger partial charge on any atom is -0.372 e. The predicted octanol–water partition coefficient (Wildman–Crippen LogP) is 4.56. The van der Waals surface area contributed by atoms with E-state index >= 15 is 0 Å². The number of carbonyl (C=O) groups excluding carboxylic acids is 1. The second-order valence-electron chi connectivity index (χ2n) is 8.15. The number of aromatic nitrogens is 1. The number of piperidine rings is 2. The molecule has 0 radical (unpaired) electrons. The van der Waals surface area contributed by atoms with Crippen LogP contribution in [-0.4, -0.2) is 37.1 Å². The molecule has 0 saturated carbocycles. The standard InChI is InChI=1S/C23H30N4O/c1-18-9-13-27(14-10-18)21-7-5-20(6-8-21)25-23(28)19-15-22(17-24-16-19)26-11-3-2-4-12-26/h5-8,15-18H,2-4,9-14H2,1H3,(H,25,28). The molecule has 1 N–H and O–H groups in total. The Balaban J connectivity index is 1.39. The molecular formula is C23H30N4O. The van der Waals surface area contributed by atoms with Crippen molar-refractivity contribution in [3.05, 3.63) is 48.3 Å². The number of rotatable bonds is 4. The quantitative estimate of drug-likeness (QED) is 0.847. The van der Waals surface area contributed by atoms with Crippen LogP contribution in [0, 0.1) is 5.92 Å².